The van der Waals surface area contributed by atoms with Crippen LogP contribution in [-0.4, -0.2) is 28.8 Å². The van der Waals surface area contributed by atoms with Gasteiger partial charge in [-0.1, -0.05) is 48.5 Å². The average molecular weight is 385 g/mol. The van der Waals surface area contributed by atoms with Crippen molar-refractivity contribution >= 4 is 5.91 Å². The highest BCUT2D eigenvalue weighted by molar-refractivity contribution is 5.86. The molecule has 1 aromatic heterocycles. The maximum absolute atomic E-state index is 12.8. The van der Waals surface area contributed by atoms with E-state index in [0.29, 0.717) is 19.5 Å². The summed E-state index contributed by atoms with van der Waals surface area (Å²) in [7, 11) is 0. The normalized spacial score (nSPS) is 18.7. The summed E-state index contributed by atoms with van der Waals surface area (Å²) in [5.74, 6) is -0.223. The Labute approximate surface area is 170 Å². The molecule has 6 nitrogen and oxygen atoms in total. The number of piperidine rings is 1. The minimum Gasteiger partial charge on any atom is -0.350 e. The van der Waals surface area contributed by atoms with Crippen LogP contribution < -0.4 is 10.6 Å². The Bertz CT molecular complexity index is 1010. The molecule has 29 heavy (non-hydrogen) atoms. The molecule has 0 bridgehead atoms. The van der Waals surface area contributed by atoms with Crippen molar-refractivity contribution in [2.45, 2.75) is 19.4 Å². The quantitative estimate of drug-likeness (QED) is 0.707. The van der Waals surface area contributed by atoms with Gasteiger partial charge in [-0.05, 0) is 31.5 Å². The molecule has 0 radical (unpaired) electrons. The summed E-state index contributed by atoms with van der Waals surface area (Å²) in [6, 6.07) is 22.0. The van der Waals surface area contributed by atoms with Crippen LogP contribution in [-0.2, 0) is 11.3 Å². The summed E-state index contributed by atoms with van der Waals surface area (Å²) >= 11 is 0. The number of benzene rings is 2. The highest BCUT2D eigenvalue weighted by Gasteiger charge is 2.39. The summed E-state index contributed by atoms with van der Waals surface area (Å²) in [5.41, 5.74) is 2.67. The van der Waals surface area contributed by atoms with Crippen LogP contribution in [0.1, 0.15) is 18.4 Å². The summed E-state index contributed by atoms with van der Waals surface area (Å²) < 4.78 is 1.83. The Morgan fingerprint density at radius 3 is 2.55 bits per heavy atom. The molecule has 1 fully saturated rings. The Hall–Kier alpha value is -3.43. The number of carbonyl (C=O) groups excluding carboxylic acids is 1. The molecular weight excluding hydrogens is 362 g/mol. The number of hydrogen-bond donors (Lipinski definition) is 2. The van der Waals surface area contributed by atoms with E-state index in [1.54, 1.807) is 0 Å². The van der Waals surface area contributed by atoms with Crippen molar-refractivity contribution in [2.24, 2.45) is 5.41 Å². The fraction of sp³-hybridized carbons (Fsp3) is 0.261. The molecule has 3 aromatic rings. The lowest BCUT2D eigenvalue weighted by Gasteiger charge is -2.29. The molecule has 1 unspecified atom stereocenters. The lowest BCUT2D eigenvalue weighted by Crippen LogP contribution is -2.49. The summed E-state index contributed by atoms with van der Waals surface area (Å²) in [4.78, 5) is 12.8. The van der Waals surface area contributed by atoms with E-state index in [4.69, 9.17) is 5.10 Å². The topological polar surface area (TPSA) is 82.7 Å². The fourth-order valence-corrected chi connectivity index (χ4v) is 3.68. The van der Waals surface area contributed by atoms with Gasteiger partial charge in [0.1, 0.15) is 5.41 Å². The van der Waals surface area contributed by atoms with Crippen LogP contribution in [0.25, 0.3) is 16.9 Å². The summed E-state index contributed by atoms with van der Waals surface area (Å²) in [6.07, 6.45) is 3.34. The van der Waals surface area contributed by atoms with Crippen LogP contribution in [0.4, 0.5) is 0 Å². The van der Waals surface area contributed by atoms with Crippen molar-refractivity contribution in [1.29, 1.82) is 5.26 Å². The third-order valence-electron chi connectivity index (χ3n) is 5.33. The highest BCUT2D eigenvalue weighted by atomic mass is 16.2. The minimum absolute atomic E-state index is 0.223. The summed E-state index contributed by atoms with van der Waals surface area (Å²) in [5, 5.41) is 20.5. The van der Waals surface area contributed by atoms with E-state index in [1.165, 1.54) is 0 Å². The second-order valence-corrected chi connectivity index (χ2v) is 7.31. The first-order chi connectivity index (χ1) is 14.2. The molecule has 0 saturated carbocycles. The third-order valence-corrected chi connectivity index (χ3v) is 5.33. The van der Waals surface area contributed by atoms with Crippen molar-refractivity contribution in [1.82, 2.24) is 20.4 Å². The number of aromatic nitrogens is 2. The fourth-order valence-electron chi connectivity index (χ4n) is 3.68. The minimum atomic E-state index is -0.999. The maximum Gasteiger partial charge on any atom is 0.242 e. The van der Waals surface area contributed by atoms with E-state index in [2.05, 4.69) is 16.7 Å². The Morgan fingerprint density at radius 1 is 1.17 bits per heavy atom. The van der Waals surface area contributed by atoms with Crippen LogP contribution in [0.3, 0.4) is 0 Å². The number of nitrogens with zero attached hydrogens (tertiary/aromatic N) is 3. The van der Waals surface area contributed by atoms with Gasteiger partial charge in [-0.15, -0.1) is 0 Å². The van der Waals surface area contributed by atoms with Gasteiger partial charge >= 0.3 is 0 Å². The van der Waals surface area contributed by atoms with Gasteiger partial charge in [0.2, 0.25) is 5.91 Å². The van der Waals surface area contributed by atoms with Gasteiger partial charge in [0.05, 0.1) is 17.5 Å². The van der Waals surface area contributed by atoms with E-state index in [0.717, 1.165) is 35.5 Å². The van der Waals surface area contributed by atoms with E-state index >= 15 is 0 Å². The van der Waals surface area contributed by atoms with Gasteiger partial charge in [-0.2, -0.15) is 10.4 Å². The first-order valence-corrected chi connectivity index (χ1v) is 9.81. The lowest BCUT2D eigenvalue weighted by molar-refractivity contribution is -0.129. The molecule has 1 aliphatic rings. The number of amides is 1. The standard InChI is InChI=1S/C23H23N5O/c24-16-23(12-7-13-25-17-23)22(29)26-14-19-15-28(20-10-5-2-6-11-20)27-21(19)18-8-3-1-4-9-18/h1-6,8-11,15,25H,7,12-14,17H2,(H,26,29). The molecule has 2 N–H and O–H groups in total. The Balaban J connectivity index is 1.61. The van der Waals surface area contributed by atoms with E-state index in [1.807, 2.05) is 71.5 Å². The smallest absolute Gasteiger partial charge is 0.242 e. The zero-order valence-electron chi connectivity index (χ0n) is 16.1. The van der Waals surface area contributed by atoms with Crippen LogP contribution in [0, 0.1) is 16.7 Å². The lowest BCUT2D eigenvalue weighted by atomic mass is 9.81. The molecule has 4 rings (SSSR count). The van der Waals surface area contributed by atoms with E-state index < -0.39 is 5.41 Å². The number of para-hydroxylation sites is 1. The average Bonchev–Trinajstić information content (AvgIpc) is 3.23. The van der Waals surface area contributed by atoms with Gasteiger partial charge in [-0.25, -0.2) is 4.68 Å². The largest absolute Gasteiger partial charge is 0.350 e. The van der Waals surface area contributed by atoms with Crippen LogP contribution in [0.2, 0.25) is 0 Å². The first-order valence-electron chi connectivity index (χ1n) is 9.81. The van der Waals surface area contributed by atoms with Gasteiger partial charge in [-0.3, -0.25) is 4.79 Å². The SMILES string of the molecule is N#CC1(C(=O)NCc2cn(-c3ccccc3)nc2-c2ccccc2)CCCNC1. The van der Waals surface area contributed by atoms with E-state index in [-0.39, 0.29) is 5.91 Å². The molecule has 146 valence electrons. The number of carbonyl (C=O) groups is 1. The Morgan fingerprint density at radius 2 is 1.90 bits per heavy atom. The second-order valence-electron chi connectivity index (χ2n) is 7.31. The number of nitrogens with one attached hydrogen (secondary N) is 2. The van der Waals surface area contributed by atoms with Crippen molar-refractivity contribution in [2.75, 3.05) is 13.1 Å². The molecule has 1 amide bonds. The Kier molecular flexibility index (Phi) is 5.41. The van der Waals surface area contributed by atoms with Crippen molar-refractivity contribution < 1.29 is 4.79 Å². The van der Waals surface area contributed by atoms with Crippen LogP contribution in [0.15, 0.2) is 66.9 Å². The van der Waals surface area contributed by atoms with Crippen molar-refractivity contribution in [3.8, 4) is 23.0 Å². The molecule has 0 spiro atoms. The number of hydrogen-bond acceptors (Lipinski definition) is 4. The van der Waals surface area contributed by atoms with Crippen molar-refractivity contribution in [3.63, 3.8) is 0 Å². The zero-order valence-corrected chi connectivity index (χ0v) is 16.1. The second kappa shape index (κ2) is 8.29. The van der Waals surface area contributed by atoms with Crippen molar-refractivity contribution in [3.05, 3.63) is 72.4 Å². The number of nitriles is 1. The van der Waals surface area contributed by atoms with Gasteiger partial charge in [0.25, 0.3) is 0 Å². The molecule has 0 aliphatic carbocycles. The zero-order chi connectivity index (χ0) is 20.1. The molecule has 1 saturated heterocycles. The molecule has 1 atom stereocenters. The van der Waals surface area contributed by atoms with Crippen LogP contribution >= 0.6 is 0 Å². The molecule has 2 aromatic carbocycles. The van der Waals surface area contributed by atoms with Gasteiger partial charge in [0.15, 0.2) is 0 Å². The third kappa shape index (κ3) is 3.91. The molecule has 2 heterocycles. The van der Waals surface area contributed by atoms with E-state index in [9.17, 15) is 10.1 Å². The summed E-state index contributed by atoms with van der Waals surface area (Å²) in [6.45, 7) is 1.56. The predicted octanol–water partition coefficient (Wildman–Crippen LogP) is 3.05. The molecular formula is C23H23N5O. The van der Waals surface area contributed by atoms with Gasteiger partial charge in [0, 0.05) is 30.4 Å². The molecule has 1 aliphatic heterocycles. The molecule has 6 heteroatoms. The predicted molar refractivity (Wildman–Crippen MR) is 111 cm³/mol. The van der Waals surface area contributed by atoms with Gasteiger partial charge < -0.3 is 10.6 Å². The highest BCUT2D eigenvalue weighted by Crippen LogP contribution is 2.27. The maximum atomic E-state index is 12.8. The first kappa shape index (κ1) is 18.9. The van der Waals surface area contributed by atoms with Crippen LogP contribution in [0.5, 0.6) is 0 Å². The number of rotatable bonds is 5. The monoisotopic (exact) mass is 385 g/mol.